The molecule has 106 valence electrons. The van der Waals surface area contributed by atoms with E-state index >= 15 is 0 Å². The Kier molecular flexibility index (Phi) is 5.95. The molecule has 20 heavy (non-hydrogen) atoms. The van der Waals surface area contributed by atoms with Crippen molar-refractivity contribution in [1.29, 1.82) is 0 Å². The van der Waals surface area contributed by atoms with Crippen LogP contribution in [-0.4, -0.2) is 12.4 Å². The molecule has 0 aliphatic rings. The van der Waals surface area contributed by atoms with Crippen LogP contribution in [-0.2, 0) is 0 Å². The van der Waals surface area contributed by atoms with Crippen molar-refractivity contribution in [3.8, 4) is 5.75 Å². The molecular formula is C16H18BrNOS. The van der Waals surface area contributed by atoms with Crippen LogP contribution < -0.4 is 10.5 Å². The molecule has 0 spiro atoms. The number of ether oxygens (including phenoxy) is 1. The fraction of sp³-hybridized carbons (Fsp3) is 0.250. The summed E-state index contributed by atoms with van der Waals surface area (Å²) in [5, 5.41) is 0. The summed E-state index contributed by atoms with van der Waals surface area (Å²) in [5.74, 6) is 1.78. The number of rotatable bonds is 6. The highest BCUT2D eigenvalue weighted by Crippen LogP contribution is 2.28. The van der Waals surface area contributed by atoms with Crippen LogP contribution in [0.5, 0.6) is 5.75 Å². The maximum absolute atomic E-state index is 5.96. The van der Waals surface area contributed by atoms with Crippen molar-refractivity contribution in [2.24, 2.45) is 5.73 Å². The van der Waals surface area contributed by atoms with Crippen molar-refractivity contribution in [3.63, 3.8) is 0 Å². The topological polar surface area (TPSA) is 35.2 Å². The third-order valence-electron chi connectivity index (χ3n) is 2.82. The Balaban J connectivity index is 1.89. The predicted octanol–water partition coefficient (Wildman–Crippen LogP) is 4.64. The van der Waals surface area contributed by atoms with E-state index in [1.54, 1.807) is 11.8 Å². The summed E-state index contributed by atoms with van der Waals surface area (Å²) in [6.45, 7) is 2.63. The molecule has 2 N–H and O–H groups in total. The number of nitrogens with two attached hydrogens (primary N) is 1. The fourth-order valence-electron chi connectivity index (χ4n) is 1.84. The molecule has 0 bridgehead atoms. The van der Waals surface area contributed by atoms with Crippen molar-refractivity contribution < 1.29 is 4.74 Å². The van der Waals surface area contributed by atoms with E-state index in [-0.39, 0.29) is 6.04 Å². The highest BCUT2D eigenvalue weighted by molar-refractivity contribution is 9.10. The molecule has 2 nitrogen and oxygen atoms in total. The van der Waals surface area contributed by atoms with Crippen molar-refractivity contribution in [3.05, 3.63) is 58.6 Å². The van der Waals surface area contributed by atoms with E-state index in [0.717, 1.165) is 21.5 Å². The Hall–Kier alpha value is -0.970. The third kappa shape index (κ3) is 4.54. The Labute approximate surface area is 132 Å². The quantitative estimate of drug-likeness (QED) is 0.608. The molecule has 2 aromatic rings. The van der Waals surface area contributed by atoms with Gasteiger partial charge < -0.3 is 10.5 Å². The maximum Gasteiger partial charge on any atom is 0.125 e. The molecule has 0 radical (unpaired) electrons. The van der Waals surface area contributed by atoms with Crippen LogP contribution in [0.25, 0.3) is 0 Å². The summed E-state index contributed by atoms with van der Waals surface area (Å²) in [4.78, 5) is 1.26. The second-order valence-corrected chi connectivity index (χ2v) is 6.56. The van der Waals surface area contributed by atoms with Gasteiger partial charge in [-0.1, -0.05) is 40.2 Å². The Morgan fingerprint density at radius 2 is 1.95 bits per heavy atom. The first-order valence-electron chi connectivity index (χ1n) is 6.52. The number of benzene rings is 2. The van der Waals surface area contributed by atoms with Gasteiger partial charge in [-0.2, -0.15) is 0 Å². The summed E-state index contributed by atoms with van der Waals surface area (Å²) >= 11 is 5.26. The van der Waals surface area contributed by atoms with E-state index in [0.29, 0.717) is 6.61 Å². The van der Waals surface area contributed by atoms with Gasteiger partial charge in [0.05, 0.1) is 6.61 Å². The molecule has 0 fully saturated rings. The van der Waals surface area contributed by atoms with Gasteiger partial charge in [0.1, 0.15) is 5.75 Å². The van der Waals surface area contributed by atoms with Gasteiger partial charge in [-0.3, -0.25) is 0 Å². The second-order valence-electron chi connectivity index (χ2n) is 4.48. The first-order chi connectivity index (χ1) is 9.66. The van der Waals surface area contributed by atoms with Gasteiger partial charge in [0.25, 0.3) is 0 Å². The van der Waals surface area contributed by atoms with Gasteiger partial charge >= 0.3 is 0 Å². The smallest absolute Gasteiger partial charge is 0.125 e. The SMILES string of the molecule is C[C@@H](N)c1ccc(Br)cc1OCCSc1ccccc1. The Bertz CT molecular complexity index is 545. The van der Waals surface area contributed by atoms with Crippen LogP contribution in [0.15, 0.2) is 57.9 Å². The van der Waals surface area contributed by atoms with Crippen molar-refractivity contribution >= 4 is 27.7 Å². The first kappa shape index (κ1) is 15.4. The van der Waals surface area contributed by atoms with Gasteiger partial charge in [-0.15, -0.1) is 11.8 Å². The lowest BCUT2D eigenvalue weighted by Crippen LogP contribution is -2.09. The number of hydrogen-bond acceptors (Lipinski definition) is 3. The lowest BCUT2D eigenvalue weighted by atomic mass is 10.1. The minimum absolute atomic E-state index is 0.0279. The number of thioether (sulfide) groups is 1. The largest absolute Gasteiger partial charge is 0.492 e. The standard InChI is InChI=1S/C16H18BrNOS/c1-12(18)15-8-7-13(17)11-16(15)19-9-10-20-14-5-3-2-4-6-14/h2-8,11-12H,9-10,18H2,1H3/t12-/m1/s1. The Morgan fingerprint density at radius 1 is 1.20 bits per heavy atom. The van der Waals surface area contributed by atoms with Crippen molar-refractivity contribution in [1.82, 2.24) is 0 Å². The van der Waals surface area contributed by atoms with Crippen LogP contribution in [0.1, 0.15) is 18.5 Å². The van der Waals surface area contributed by atoms with E-state index in [9.17, 15) is 0 Å². The minimum atomic E-state index is -0.0279. The summed E-state index contributed by atoms with van der Waals surface area (Å²) < 4.78 is 6.88. The molecule has 2 aromatic carbocycles. The van der Waals surface area contributed by atoms with E-state index in [1.165, 1.54) is 4.90 Å². The van der Waals surface area contributed by atoms with Crippen LogP contribution in [0.3, 0.4) is 0 Å². The van der Waals surface area contributed by atoms with Gasteiger partial charge in [0.2, 0.25) is 0 Å². The molecular weight excluding hydrogens is 334 g/mol. The number of hydrogen-bond donors (Lipinski definition) is 1. The predicted molar refractivity (Wildman–Crippen MR) is 89.4 cm³/mol. The molecule has 0 aliphatic heterocycles. The first-order valence-corrected chi connectivity index (χ1v) is 8.30. The van der Waals surface area contributed by atoms with Crippen LogP contribution in [0, 0.1) is 0 Å². The second kappa shape index (κ2) is 7.72. The summed E-state index contributed by atoms with van der Waals surface area (Å²) in [7, 11) is 0. The van der Waals surface area contributed by atoms with Gasteiger partial charge in [-0.05, 0) is 31.2 Å². The fourth-order valence-corrected chi connectivity index (χ4v) is 2.93. The van der Waals surface area contributed by atoms with Crippen LogP contribution in [0.2, 0.25) is 0 Å². The molecule has 0 saturated carbocycles. The monoisotopic (exact) mass is 351 g/mol. The normalized spacial score (nSPS) is 12.2. The third-order valence-corrected chi connectivity index (χ3v) is 4.29. The molecule has 0 unspecified atom stereocenters. The van der Waals surface area contributed by atoms with E-state index < -0.39 is 0 Å². The minimum Gasteiger partial charge on any atom is -0.492 e. The van der Waals surface area contributed by atoms with Gasteiger partial charge in [0, 0.05) is 26.7 Å². The highest BCUT2D eigenvalue weighted by Gasteiger charge is 2.08. The maximum atomic E-state index is 5.96. The van der Waals surface area contributed by atoms with E-state index in [1.807, 2.05) is 43.3 Å². The van der Waals surface area contributed by atoms with Crippen molar-refractivity contribution in [2.45, 2.75) is 17.9 Å². The molecule has 0 heterocycles. The molecule has 0 saturated heterocycles. The number of halogens is 1. The highest BCUT2D eigenvalue weighted by atomic mass is 79.9. The molecule has 2 rings (SSSR count). The van der Waals surface area contributed by atoms with Gasteiger partial charge in [-0.25, -0.2) is 0 Å². The molecule has 4 heteroatoms. The molecule has 1 atom stereocenters. The van der Waals surface area contributed by atoms with Gasteiger partial charge in [0.15, 0.2) is 0 Å². The van der Waals surface area contributed by atoms with Crippen LogP contribution in [0.4, 0.5) is 0 Å². The molecule has 0 aliphatic carbocycles. The average Bonchev–Trinajstić information content (AvgIpc) is 2.44. The van der Waals surface area contributed by atoms with E-state index in [2.05, 4.69) is 28.1 Å². The van der Waals surface area contributed by atoms with Crippen molar-refractivity contribution in [2.75, 3.05) is 12.4 Å². The summed E-state index contributed by atoms with van der Waals surface area (Å²) in [6.07, 6.45) is 0. The Morgan fingerprint density at radius 3 is 2.65 bits per heavy atom. The summed E-state index contributed by atoms with van der Waals surface area (Å²) in [6, 6.07) is 16.3. The lowest BCUT2D eigenvalue weighted by molar-refractivity contribution is 0.338. The lowest BCUT2D eigenvalue weighted by Gasteiger charge is -2.14. The molecule has 0 aromatic heterocycles. The van der Waals surface area contributed by atoms with Crippen LogP contribution >= 0.6 is 27.7 Å². The summed E-state index contributed by atoms with van der Waals surface area (Å²) in [5.41, 5.74) is 7.00. The average molecular weight is 352 g/mol. The van der Waals surface area contributed by atoms with E-state index in [4.69, 9.17) is 10.5 Å². The zero-order valence-corrected chi connectivity index (χ0v) is 13.8. The zero-order valence-electron chi connectivity index (χ0n) is 11.4. The molecule has 0 amide bonds. The zero-order chi connectivity index (χ0) is 14.4.